The standard InChI is InChI=1S/C19H18F3NO3/c20-19(21,22)15-10-5-9-14(12-15)17(24)23-16(18(25)26)11-4-8-13-6-2-1-3-7-13/h1-3,5-7,9-10,12,16H,4,8,11H2,(H,23,24)(H,25,26)/t16-/m0/s1. The Morgan fingerprint density at radius 2 is 1.73 bits per heavy atom. The van der Waals surface area contributed by atoms with Gasteiger partial charge in [-0.2, -0.15) is 13.2 Å². The largest absolute Gasteiger partial charge is 0.480 e. The maximum Gasteiger partial charge on any atom is 0.416 e. The summed E-state index contributed by atoms with van der Waals surface area (Å²) in [6.07, 6.45) is -3.24. The highest BCUT2D eigenvalue weighted by molar-refractivity contribution is 5.96. The molecule has 26 heavy (non-hydrogen) atoms. The highest BCUT2D eigenvalue weighted by atomic mass is 19.4. The van der Waals surface area contributed by atoms with E-state index in [-0.39, 0.29) is 12.0 Å². The Hall–Kier alpha value is -2.83. The average Bonchev–Trinajstić information content (AvgIpc) is 2.61. The molecule has 2 aromatic rings. The Balaban J connectivity index is 1.98. The fraction of sp³-hybridized carbons (Fsp3) is 0.263. The van der Waals surface area contributed by atoms with Gasteiger partial charge >= 0.3 is 12.1 Å². The number of aliphatic carboxylic acids is 1. The Morgan fingerprint density at radius 1 is 1.04 bits per heavy atom. The summed E-state index contributed by atoms with van der Waals surface area (Å²) in [5.74, 6) is -2.07. The highest BCUT2D eigenvalue weighted by Crippen LogP contribution is 2.29. The summed E-state index contributed by atoms with van der Waals surface area (Å²) in [4.78, 5) is 23.5. The van der Waals surface area contributed by atoms with Gasteiger partial charge in [-0.05, 0) is 43.0 Å². The van der Waals surface area contributed by atoms with Gasteiger partial charge in [-0.3, -0.25) is 4.79 Å². The van der Waals surface area contributed by atoms with Crippen LogP contribution in [0.25, 0.3) is 0 Å². The van der Waals surface area contributed by atoms with Crippen LogP contribution in [0.15, 0.2) is 54.6 Å². The van der Waals surface area contributed by atoms with Crippen molar-refractivity contribution in [3.8, 4) is 0 Å². The van der Waals surface area contributed by atoms with Crippen LogP contribution in [-0.2, 0) is 17.4 Å². The molecule has 0 saturated carbocycles. The van der Waals surface area contributed by atoms with Crippen LogP contribution in [-0.4, -0.2) is 23.0 Å². The summed E-state index contributed by atoms with van der Waals surface area (Å²) in [6, 6.07) is 12.2. The molecule has 0 radical (unpaired) electrons. The Morgan fingerprint density at radius 3 is 2.35 bits per heavy atom. The molecule has 0 aliphatic rings. The zero-order valence-electron chi connectivity index (χ0n) is 13.8. The second kappa shape index (κ2) is 8.51. The number of aryl methyl sites for hydroxylation is 1. The summed E-state index contributed by atoms with van der Waals surface area (Å²) >= 11 is 0. The molecule has 2 aromatic carbocycles. The first-order valence-corrected chi connectivity index (χ1v) is 8.02. The minimum Gasteiger partial charge on any atom is -0.480 e. The van der Waals surface area contributed by atoms with Crippen molar-refractivity contribution in [1.82, 2.24) is 5.32 Å². The van der Waals surface area contributed by atoms with Crippen LogP contribution in [0.5, 0.6) is 0 Å². The highest BCUT2D eigenvalue weighted by Gasteiger charge is 2.31. The van der Waals surface area contributed by atoms with Crippen molar-refractivity contribution in [3.05, 3.63) is 71.3 Å². The summed E-state index contributed by atoms with van der Waals surface area (Å²) in [5, 5.41) is 11.5. The second-order valence-electron chi connectivity index (χ2n) is 5.82. The molecule has 0 saturated heterocycles. The number of carbonyl (C=O) groups is 2. The number of benzene rings is 2. The van der Waals surface area contributed by atoms with E-state index in [0.717, 1.165) is 17.7 Å². The lowest BCUT2D eigenvalue weighted by Crippen LogP contribution is -2.40. The van der Waals surface area contributed by atoms with E-state index < -0.39 is 29.7 Å². The van der Waals surface area contributed by atoms with Gasteiger partial charge < -0.3 is 10.4 Å². The molecule has 4 nitrogen and oxygen atoms in total. The summed E-state index contributed by atoms with van der Waals surface area (Å²) in [5.41, 5.74) is -0.143. The quantitative estimate of drug-likeness (QED) is 0.782. The van der Waals surface area contributed by atoms with E-state index >= 15 is 0 Å². The average molecular weight is 365 g/mol. The molecule has 2 N–H and O–H groups in total. The lowest BCUT2D eigenvalue weighted by molar-refractivity contribution is -0.139. The van der Waals surface area contributed by atoms with E-state index in [1.165, 1.54) is 6.07 Å². The van der Waals surface area contributed by atoms with Crippen molar-refractivity contribution in [2.45, 2.75) is 31.5 Å². The second-order valence-corrected chi connectivity index (χ2v) is 5.82. The molecule has 0 spiro atoms. The number of carboxylic acid groups (broad SMARTS) is 1. The molecule has 138 valence electrons. The van der Waals surface area contributed by atoms with Crippen LogP contribution in [0.3, 0.4) is 0 Å². The van der Waals surface area contributed by atoms with Crippen LogP contribution in [0.4, 0.5) is 13.2 Å². The smallest absolute Gasteiger partial charge is 0.416 e. The van der Waals surface area contributed by atoms with E-state index in [4.69, 9.17) is 0 Å². The number of carbonyl (C=O) groups excluding carboxylic acids is 1. The Kier molecular flexibility index (Phi) is 6.38. The number of carboxylic acids is 1. The zero-order chi connectivity index (χ0) is 19.2. The molecule has 7 heteroatoms. The van der Waals surface area contributed by atoms with Gasteiger partial charge in [0, 0.05) is 5.56 Å². The summed E-state index contributed by atoms with van der Waals surface area (Å²) < 4.78 is 38.2. The predicted molar refractivity (Wildman–Crippen MR) is 89.7 cm³/mol. The van der Waals surface area contributed by atoms with Gasteiger partial charge in [0.15, 0.2) is 0 Å². The zero-order valence-corrected chi connectivity index (χ0v) is 13.8. The maximum atomic E-state index is 12.7. The van der Waals surface area contributed by atoms with Gasteiger partial charge in [-0.1, -0.05) is 36.4 Å². The topological polar surface area (TPSA) is 66.4 Å². The van der Waals surface area contributed by atoms with Gasteiger partial charge in [0.2, 0.25) is 0 Å². The van der Waals surface area contributed by atoms with Crippen molar-refractivity contribution >= 4 is 11.9 Å². The molecule has 2 rings (SSSR count). The van der Waals surface area contributed by atoms with E-state index in [1.54, 1.807) is 0 Å². The molecule has 0 unspecified atom stereocenters. The molecule has 1 amide bonds. The first-order valence-electron chi connectivity index (χ1n) is 8.02. The summed E-state index contributed by atoms with van der Waals surface area (Å²) in [6.45, 7) is 0. The lowest BCUT2D eigenvalue weighted by atomic mass is 10.0. The third kappa shape index (κ3) is 5.61. The van der Waals surface area contributed by atoms with Crippen LogP contribution in [0, 0.1) is 0 Å². The Labute approximate surface area is 148 Å². The monoisotopic (exact) mass is 365 g/mol. The molecule has 0 aliphatic carbocycles. The van der Waals surface area contributed by atoms with Crippen LogP contribution in [0.1, 0.15) is 34.3 Å². The van der Waals surface area contributed by atoms with E-state index in [1.807, 2.05) is 30.3 Å². The van der Waals surface area contributed by atoms with E-state index in [9.17, 15) is 27.9 Å². The van der Waals surface area contributed by atoms with E-state index in [2.05, 4.69) is 5.32 Å². The molecular weight excluding hydrogens is 347 g/mol. The minimum absolute atomic E-state index is 0.176. The third-order valence-corrected chi connectivity index (χ3v) is 3.86. The molecule has 0 heterocycles. The van der Waals surface area contributed by atoms with Gasteiger partial charge in [-0.15, -0.1) is 0 Å². The van der Waals surface area contributed by atoms with Gasteiger partial charge in [0.1, 0.15) is 6.04 Å². The van der Waals surface area contributed by atoms with Crippen LogP contribution < -0.4 is 5.32 Å². The molecule has 0 aromatic heterocycles. The van der Waals surface area contributed by atoms with Crippen molar-refractivity contribution in [2.75, 3.05) is 0 Å². The third-order valence-electron chi connectivity index (χ3n) is 3.86. The fourth-order valence-electron chi connectivity index (χ4n) is 2.49. The van der Waals surface area contributed by atoms with E-state index in [0.29, 0.717) is 18.9 Å². The van der Waals surface area contributed by atoms with Crippen molar-refractivity contribution in [1.29, 1.82) is 0 Å². The SMILES string of the molecule is O=C(N[C@@H](CCCc1ccccc1)C(=O)O)c1cccc(C(F)(F)F)c1. The molecular formula is C19H18F3NO3. The van der Waals surface area contributed by atoms with Crippen LogP contribution >= 0.6 is 0 Å². The number of hydrogen-bond donors (Lipinski definition) is 2. The van der Waals surface area contributed by atoms with Gasteiger partial charge in [0.05, 0.1) is 5.56 Å². The molecule has 0 fully saturated rings. The number of nitrogens with one attached hydrogen (secondary N) is 1. The number of alkyl halides is 3. The van der Waals surface area contributed by atoms with Gasteiger partial charge in [-0.25, -0.2) is 4.79 Å². The number of amides is 1. The number of halogens is 3. The lowest BCUT2D eigenvalue weighted by Gasteiger charge is -2.15. The first-order chi connectivity index (χ1) is 12.3. The van der Waals surface area contributed by atoms with Crippen LogP contribution in [0.2, 0.25) is 0 Å². The minimum atomic E-state index is -4.57. The normalized spacial score (nSPS) is 12.4. The Bertz CT molecular complexity index is 760. The molecule has 1 atom stereocenters. The fourth-order valence-corrected chi connectivity index (χ4v) is 2.49. The maximum absolute atomic E-state index is 12.7. The number of rotatable bonds is 7. The predicted octanol–water partition coefficient (Wildman–Crippen LogP) is 3.91. The first kappa shape index (κ1) is 19.5. The van der Waals surface area contributed by atoms with Crippen molar-refractivity contribution < 1.29 is 27.9 Å². The van der Waals surface area contributed by atoms with Gasteiger partial charge in [0.25, 0.3) is 5.91 Å². The number of hydrogen-bond acceptors (Lipinski definition) is 2. The molecule has 0 aliphatic heterocycles. The molecule has 0 bridgehead atoms. The summed E-state index contributed by atoms with van der Waals surface area (Å²) in [7, 11) is 0. The van der Waals surface area contributed by atoms with Crippen molar-refractivity contribution in [3.63, 3.8) is 0 Å². The van der Waals surface area contributed by atoms with Crippen molar-refractivity contribution in [2.24, 2.45) is 0 Å².